The summed E-state index contributed by atoms with van der Waals surface area (Å²) in [5.41, 5.74) is 8.53. The molecule has 12 rings (SSSR count). The third-order valence-electron chi connectivity index (χ3n) is 11.3. The molecule has 4 nitrogen and oxygen atoms in total. The van der Waals surface area contributed by atoms with Crippen molar-refractivity contribution < 1.29 is 0 Å². The van der Waals surface area contributed by atoms with E-state index < -0.39 is 0 Å². The van der Waals surface area contributed by atoms with Gasteiger partial charge >= 0.3 is 0 Å². The first-order valence-corrected chi connectivity index (χ1v) is 18.4. The Kier molecular flexibility index (Phi) is 6.02. The van der Waals surface area contributed by atoms with E-state index >= 15 is 0 Å². The van der Waals surface area contributed by atoms with Crippen LogP contribution in [0.25, 0.3) is 110 Å². The van der Waals surface area contributed by atoms with E-state index in [1.54, 1.807) is 0 Å². The minimum atomic E-state index is 0.657. The number of para-hydroxylation sites is 3. The summed E-state index contributed by atoms with van der Waals surface area (Å²) in [5.74, 6) is 0.657. The highest BCUT2D eigenvalue weighted by Crippen LogP contribution is 2.43. The number of nitrogens with zero attached hydrogens (tertiary/aromatic N) is 4. The molecule has 3 aromatic heterocycles. The Morgan fingerprint density at radius 3 is 1.59 bits per heavy atom. The van der Waals surface area contributed by atoms with Gasteiger partial charge in [-0.3, -0.25) is 4.57 Å². The van der Waals surface area contributed by atoms with E-state index in [0.29, 0.717) is 5.95 Å². The molecule has 0 saturated carbocycles. The van der Waals surface area contributed by atoms with Crippen LogP contribution in [0.2, 0.25) is 0 Å². The van der Waals surface area contributed by atoms with Crippen LogP contribution in [-0.2, 0) is 0 Å². The lowest BCUT2D eigenvalue weighted by Gasteiger charge is -2.14. The Bertz CT molecular complexity index is 3460. The lowest BCUT2D eigenvalue weighted by atomic mass is 9.94. The van der Waals surface area contributed by atoms with Crippen molar-refractivity contribution in [1.82, 2.24) is 19.1 Å². The van der Waals surface area contributed by atoms with Crippen molar-refractivity contribution in [3.05, 3.63) is 182 Å². The Morgan fingerprint density at radius 1 is 0.333 bits per heavy atom. The Hall–Kier alpha value is -7.30. The predicted molar refractivity (Wildman–Crippen MR) is 226 cm³/mol. The quantitative estimate of drug-likeness (QED) is 0.173. The molecule has 12 aromatic rings. The summed E-state index contributed by atoms with van der Waals surface area (Å²) >= 11 is 0. The molecule has 0 bridgehead atoms. The summed E-state index contributed by atoms with van der Waals surface area (Å²) in [6.07, 6.45) is 0. The highest BCUT2D eigenvalue weighted by Gasteiger charge is 2.23. The van der Waals surface area contributed by atoms with Gasteiger partial charge in [-0.2, -0.15) is 0 Å². The van der Waals surface area contributed by atoms with E-state index in [9.17, 15) is 0 Å². The molecule has 54 heavy (non-hydrogen) atoms. The van der Waals surface area contributed by atoms with Gasteiger partial charge < -0.3 is 4.57 Å². The second-order valence-corrected chi connectivity index (χ2v) is 14.1. The van der Waals surface area contributed by atoms with Gasteiger partial charge in [-0.25, -0.2) is 9.97 Å². The molecule has 0 atom stereocenters. The van der Waals surface area contributed by atoms with Crippen molar-refractivity contribution in [3.63, 3.8) is 0 Å². The van der Waals surface area contributed by atoms with Gasteiger partial charge in [0.15, 0.2) is 0 Å². The van der Waals surface area contributed by atoms with Crippen LogP contribution >= 0.6 is 0 Å². The normalized spacial score (nSPS) is 12.1. The maximum atomic E-state index is 5.35. The summed E-state index contributed by atoms with van der Waals surface area (Å²) in [5, 5.41) is 13.4. The van der Waals surface area contributed by atoms with Crippen molar-refractivity contribution >= 4 is 86.8 Å². The zero-order chi connectivity index (χ0) is 35.3. The minimum Gasteiger partial charge on any atom is -0.309 e. The first kappa shape index (κ1) is 29.3. The molecular formula is C50H30N4. The van der Waals surface area contributed by atoms with Gasteiger partial charge in [0.25, 0.3) is 0 Å². The zero-order valence-corrected chi connectivity index (χ0v) is 29.1. The number of rotatable bonds is 3. The summed E-state index contributed by atoms with van der Waals surface area (Å²) in [7, 11) is 0. The summed E-state index contributed by atoms with van der Waals surface area (Å²) in [6, 6.07) is 65.4. The highest BCUT2D eigenvalue weighted by molar-refractivity contribution is 6.28. The number of fused-ring (bicyclic) bond motifs is 14. The Balaban J connectivity index is 1.22. The van der Waals surface area contributed by atoms with Crippen LogP contribution in [0.1, 0.15) is 0 Å². The van der Waals surface area contributed by atoms with E-state index in [0.717, 1.165) is 44.3 Å². The fraction of sp³-hybridized carbons (Fsp3) is 0. The molecule has 250 valence electrons. The Labute approximate surface area is 309 Å². The fourth-order valence-corrected chi connectivity index (χ4v) is 9.01. The van der Waals surface area contributed by atoms with Crippen LogP contribution in [0, 0.1) is 0 Å². The summed E-state index contributed by atoms with van der Waals surface area (Å²) in [6.45, 7) is 0. The molecule has 9 aromatic carbocycles. The van der Waals surface area contributed by atoms with E-state index in [-0.39, 0.29) is 0 Å². The highest BCUT2D eigenvalue weighted by atomic mass is 15.2. The molecule has 0 unspecified atom stereocenters. The van der Waals surface area contributed by atoms with Crippen LogP contribution in [0.3, 0.4) is 0 Å². The average Bonchev–Trinajstić information content (AvgIpc) is 3.76. The summed E-state index contributed by atoms with van der Waals surface area (Å²) < 4.78 is 4.73. The predicted octanol–water partition coefficient (Wildman–Crippen LogP) is 13.0. The third kappa shape index (κ3) is 4.02. The topological polar surface area (TPSA) is 35.6 Å². The van der Waals surface area contributed by atoms with Crippen molar-refractivity contribution in [2.75, 3.05) is 0 Å². The van der Waals surface area contributed by atoms with Gasteiger partial charge in [0.2, 0.25) is 5.95 Å². The number of benzene rings is 9. The SMILES string of the molecule is c1ccc(-c2nc(-n3c4ccccc4c4c3ccc3c5ccccc5n(-c5ccc6c7ccccc7c7ccccc7c6c5)c34)nc3ccccc23)cc1. The molecule has 4 heteroatoms. The molecule has 0 amide bonds. The van der Waals surface area contributed by atoms with Crippen LogP contribution < -0.4 is 0 Å². The first-order valence-electron chi connectivity index (χ1n) is 18.4. The van der Waals surface area contributed by atoms with Gasteiger partial charge in [0, 0.05) is 38.2 Å². The average molecular weight is 687 g/mol. The molecular weight excluding hydrogens is 657 g/mol. The molecule has 0 aliphatic carbocycles. The molecule has 0 spiro atoms. The molecule has 0 fully saturated rings. The van der Waals surface area contributed by atoms with Crippen LogP contribution in [-0.4, -0.2) is 19.1 Å². The largest absolute Gasteiger partial charge is 0.309 e. The van der Waals surface area contributed by atoms with Gasteiger partial charge in [-0.05, 0) is 68.7 Å². The lowest BCUT2D eigenvalue weighted by molar-refractivity contribution is 1.01. The van der Waals surface area contributed by atoms with E-state index in [1.807, 2.05) is 6.07 Å². The van der Waals surface area contributed by atoms with Gasteiger partial charge in [0.1, 0.15) is 0 Å². The molecule has 0 radical (unpaired) electrons. The van der Waals surface area contributed by atoms with Crippen molar-refractivity contribution in [2.24, 2.45) is 0 Å². The molecule has 0 aliphatic rings. The smallest absolute Gasteiger partial charge is 0.235 e. The van der Waals surface area contributed by atoms with Crippen molar-refractivity contribution in [3.8, 4) is 22.9 Å². The monoisotopic (exact) mass is 686 g/mol. The first-order chi connectivity index (χ1) is 26.8. The number of hydrogen-bond acceptors (Lipinski definition) is 2. The van der Waals surface area contributed by atoms with E-state index in [1.165, 1.54) is 59.5 Å². The van der Waals surface area contributed by atoms with E-state index in [2.05, 4.69) is 185 Å². The van der Waals surface area contributed by atoms with Crippen LogP contribution in [0.4, 0.5) is 0 Å². The second-order valence-electron chi connectivity index (χ2n) is 14.1. The second kappa shape index (κ2) is 11.1. The number of hydrogen-bond donors (Lipinski definition) is 0. The van der Waals surface area contributed by atoms with E-state index in [4.69, 9.17) is 9.97 Å². The standard InChI is InChI=1S/C50H30N4/c1-2-14-31(15-3-1)48-40-21-8-11-23-43(40)51-50(52-48)54-45-25-13-10-22-41(45)47-46(54)29-28-39-38-20-9-12-24-44(38)53(49(39)47)32-26-27-37-35-18-5-4-16-33(35)34-17-6-7-19-36(34)42(37)30-32/h1-30H. The lowest BCUT2D eigenvalue weighted by Crippen LogP contribution is -2.03. The van der Waals surface area contributed by atoms with Crippen LogP contribution in [0.15, 0.2) is 182 Å². The maximum absolute atomic E-state index is 5.35. The van der Waals surface area contributed by atoms with Crippen molar-refractivity contribution in [1.29, 1.82) is 0 Å². The van der Waals surface area contributed by atoms with Gasteiger partial charge in [-0.1, -0.05) is 146 Å². The Morgan fingerprint density at radius 2 is 0.870 bits per heavy atom. The molecule has 0 saturated heterocycles. The minimum absolute atomic E-state index is 0.657. The maximum Gasteiger partial charge on any atom is 0.235 e. The molecule has 0 N–H and O–H groups in total. The zero-order valence-electron chi connectivity index (χ0n) is 29.1. The number of aromatic nitrogens is 4. The van der Waals surface area contributed by atoms with Gasteiger partial charge in [-0.15, -0.1) is 0 Å². The third-order valence-corrected chi connectivity index (χ3v) is 11.3. The molecule has 3 heterocycles. The fourth-order valence-electron chi connectivity index (χ4n) is 9.01. The van der Waals surface area contributed by atoms with Crippen LogP contribution in [0.5, 0.6) is 0 Å². The van der Waals surface area contributed by atoms with Gasteiger partial charge in [0.05, 0.1) is 33.3 Å². The summed E-state index contributed by atoms with van der Waals surface area (Å²) in [4.78, 5) is 10.6. The molecule has 0 aliphatic heterocycles. The van der Waals surface area contributed by atoms with Crippen molar-refractivity contribution in [2.45, 2.75) is 0 Å².